The summed E-state index contributed by atoms with van der Waals surface area (Å²) < 4.78 is 15.4. The maximum atomic E-state index is 6.57. The quantitative estimate of drug-likeness (QED) is 0.160. The van der Waals surface area contributed by atoms with Crippen LogP contribution in [0, 0.1) is 0 Å². The molecule has 0 aliphatic carbocycles. The molecule has 11 aromatic carbocycles. The van der Waals surface area contributed by atoms with E-state index in [2.05, 4.69) is 228 Å². The van der Waals surface area contributed by atoms with Gasteiger partial charge in [0.2, 0.25) is 0 Å². The molecule has 13 aromatic rings. The smallest absolute Gasteiger partial charge is 0.152 e. The second-order valence-electron chi connectivity index (χ2n) is 17.6. The van der Waals surface area contributed by atoms with E-state index in [0.29, 0.717) is 0 Å². The van der Waals surface area contributed by atoms with Gasteiger partial charge in [-0.15, -0.1) is 0 Å². The van der Waals surface area contributed by atoms with E-state index < -0.39 is 0 Å². The lowest BCUT2D eigenvalue weighted by Gasteiger charge is -2.28. The number of anilines is 3. The van der Waals surface area contributed by atoms with Gasteiger partial charge in [0.05, 0.1) is 22.4 Å². The monoisotopic (exact) mass is 868 g/mol. The van der Waals surface area contributed by atoms with Crippen molar-refractivity contribution in [2.75, 3.05) is 4.90 Å². The summed E-state index contributed by atoms with van der Waals surface area (Å²) >= 11 is 0. The number of hydrogen-bond donors (Lipinski definition) is 0. The first kappa shape index (κ1) is 38.2. The molecule has 0 radical (unpaired) electrons. The van der Waals surface area contributed by atoms with Gasteiger partial charge >= 0.3 is 0 Å². The molecule has 0 N–H and O–H groups in total. The molecule has 68 heavy (non-hydrogen) atoms. The van der Waals surface area contributed by atoms with Gasteiger partial charge in [-0.25, -0.2) is 0 Å². The molecule has 0 saturated heterocycles. The molecule has 2 aromatic heterocycles. The maximum absolute atomic E-state index is 6.57. The molecule has 4 heteroatoms. The highest BCUT2D eigenvalue weighted by Gasteiger charge is 2.25. The Morgan fingerprint density at radius 1 is 0.353 bits per heavy atom. The first-order valence-corrected chi connectivity index (χ1v) is 23.2. The third-order valence-electron chi connectivity index (χ3n) is 13.8. The standard InChI is InChI=1S/C64H40N2O2/c1-2-17-49-43(13-1)14-10-20-50(49)44-31-29-41(30-32-44)42-33-36-47(37-34-42)65(48-16-9-15-45(39-48)52-21-11-23-55-53-19-4-7-26-60(53)68-64(52)55)57-24-5-3-18-51(57)46-35-38-58-56(40-46)54-22-12-28-62-63(54)66(58)59-25-6-8-27-61(59)67-62/h1-40H. The largest absolute Gasteiger partial charge is 0.455 e. The van der Waals surface area contributed by atoms with Crippen molar-refractivity contribution in [2.24, 2.45) is 0 Å². The van der Waals surface area contributed by atoms with Crippen molar-refractivity contribution >= 4 is 71.6 Å². The van der Waals surface area contributed by atoms with Crippen LogP contribution in [0.5, 0.6) is 11.5 Å². The van der Waals surface area contributed by atoms with Crippen LogP contribution in [-0.4, -0.2) is 4.57 Å². The van der Waals surface area contributed by atoms with E-state index in [-0.39, 0.29) is 0 Å². The van der Waals surface area contributed by atoms with Crippen molar-refractivity contribution in [3.8, 4) is 61.7 Å². The van der Waals surface area contributed by atoms with E-state index >= 15 is 0 Å². The van der Waals surface area contributed by atoms with E-state index in [1.807, 2.05) is 24.3 Å². The van der Waals surface area contributed by atoms with Gasteiger partial charge in [-0.1, -0.05) is 176 Å². The van der Waals surface area contributed by atoms with Gasteiger partial charge in [-0.05, 0) is 111 Å². The van der Waals surface area contributed by atoms with E-state index in [4.69, 9.17) is 9.15 Å². The molecule has 3 heterocycles. The fraction of sp³-hybridized carbons (Fsp3) is 0. The molecule has 0 saturated carbocycles. The van der Waals surface area contributed by atoms with Crippen LogP contribution in [0.3, 0.4) is 0 Å². The number of fused-ring (bicyclic) bond motifs is 9. The third-order valence-corrected chi connectivity index (χ3v) is 13.8. The minimum absolute atomic E-state index is 0.859. The summed E-state index contributed by atoms with van der Waals surface area (Å²) in [6.45, 7) is 0. The molecule has 0 spiro atoms. The highest BCUT2D eigenvalue weighted by atomic mass is 16.5. The fourth-order valence-corrected chi connectivity index (χ4v) is 10.6. The molecule has 4 nitrogen and oxygen atoms in total. The van der Waals surface area contributed by atoms with Gasteiger partial charge in [0, 0.05) is 44.0 Å². The third kappa shape index (κ3) is 6.01. The molecule has 318 valence electrons. The van der Waals surface area contributed by atoms with Crippen molar-refractivity contribution < 1.29 is 9.15 Å². The summed E-state index contributed by atoms with van der Waals surface area (Å²) in [5.41, 5.74) is 17.4. The molecule has 0 unspecified atom stereocenters. The molecule has 14 rings (SSSR count). The summed E-state index contributed by atoms with van der Waals surface area (Å²) in [4.78, 5) is 2.40. The molecular weight excluding hydrogens is 829 g/mol. The first-order chi connectivity index (χ1) is 33.7. The number of rotatable bonds is 7. The van der Waals surface area contributed by atoms with Crippen LogP contribution in [0.25, 0.3) is 105 Å². The minimum Gasteiger partial charge on any atom is -0.455 e. The van der Waals surface area contributed by atoms with Crippen LogP contribution in [-0.2, 0) is 0 Å². The Kier molecular flexibility index (Phi) is 8.55. The number of furan rings is 1. The lowest BCUT2D eigenvalue weighted by atomic mass is 9.96. The molecule has 0 amide bonds. The van der Waals surface area contributed by atoms with Crippen molar-refractivity contribution in [1.82, 2.24) is 4.57 Å². The average molecular weight is 869 g/mol. The molecular formula is C64H40N2O2. The van der Waals surface area contributed by atoms with Crippen LogP contribution in [0.2, 0.25) is 0 Å². The van der Waals surface area contributed by atoms with Gasteiger partial charge in [0.1, 0.15) is 11.2 Å². The SMILES string of the molecule is c1cc(-c2cccc3c2oc2ccccc23)cc(N(c2ccc(-c3ccc(-c4cccc5ccccc45)cc3)cc2)c2ccccc2-c2ccc3c(c2)c2cccc4c2n3-c2ccccc2O4)c1. The Balaban J connectivity index is 0.909. The lowest BCUT2D eigenvalue weighted by molar-refractivity contribution is 0.476. The van der Waals surface area contributed by atoms with Gasteiger partial charge in [-0.3, -0.25) is 0 Å². The van der Waals surface area contributed by atoms with Crippen LogP contribution in [0.1, 0.15) is 0 Å². The fourth-order valence-electron chi connectivity index (χ4n) is 10.6. The summed E-state index contributed by atoms with van der Waals surface area (Å²) in [5, 5.41) is 7.08. The van der Waals surface area contributed by atoms with E-state index in [9.17, 15) is 0 Å². The Labute approximate surface area is 392 Å². The molecule has 1 aliphatic heterocycles. The van der Waals surface area contributed by atoms with Crippen molar-refractivity contribution in [3.05, 3.63) is 243 Å². The maximum Gasteiger partial charge on any atom is 0.152 e. The summed E-state index contributed by atoms with van der Waals surface area (Å²) in [6, 6.07) is 87.0. The average Bonchev–Trinajstić information content (AvgIpc) is 3.96. The second kappa shape index (κ2) is 15.2. The lowest BCUT2D eigenvalue weighted by Crippen LogP contribution is -2.11. The minimum atomic E-state index is 0.859. The van der Waals surface area contributed by atoms with Crippen LogP contribution in [0.15, 0.2) is 247 Å². The highest BCUT2D eigenvalue weighted by Crippen LogP contribution is 2.48. The van der Waals surface area contributed by atoms with Gasteiger partial charge in [0.25, 0.3) is 0 Å². The summed E-state index contributed by atoms with van der Waals surface area (Å²) in [6.07, 6.45) is 0. The van der Waals surface area contributed by atoms with Crippen molar-refractivity contribution in [1.29, 1.82) is 0 Å². The van der Waals surface area contributed by atoms with E-state index in [1.165, 1.54) is 32.8 Å². The predicted molar refractivity (Wildman–Crippen MR) is 282 cm³/mol. The summed E-state index contributed by atoms with van der Waals surface area (Å²) in [5.74, 6) is 1.73. The van der Waals surface area contributed by atoms with Crippen LogP contribution < -0.4 is 9.64 Å². The van der Waals surface area contributed by atoms with E-state index in [0.717, 1.165) is 100 Å². The van der Waals surface area contributed by atoms with Crippen molar-refractivity contribution in [2.45, 2.75) is 0 Å². The molecule has 1 aliphatic rings. The topological polar surface area (TPSA) is 30.5 Å². The number of aromatic nitrogens is 1. The van der Waals surface area contributed by atoms with Gasteiger partial charge in [0.15, 0.2) is 11.5 Å². The number of hydrogen-bond acceptors (Lipinski definition) is 3. The predicted octanol–water partition coefficient (Wildman–Crippen LogP) is 18.1. The zero-order valence-corrected chi connectivity index (χ0v) is 36.8. The zero-order chi connectivity index (χ0) is 44.7. The number of nitrogens with zero attached hydrogens (tertiary/aromatic N) is 2. The normalized spacial score (nSPS) is 11.9. The molecule has 0 bridgehead atoms. The zero-order valence-electron chi connectivity index (χ0n) is 36.8. The van der Waals surface area contributed by atoms with Crippen LogP contribution >= 0.6 is 0 Å². The van der Waals surface area contributed by atoms with E-state index in [1.54, 1.807) is 0 Å². The van der Waals surface area contributed by atoms with Crippen LogP contribution in [0.4, 0.5) is 17.1 Å². The number of benzene rings is 11. The second-order valence-corrected chi connectivity index (χ2v) is 17.6. The van der Waals surface area contributed by atoms with Gasteiger partial charge in [-0.2, -0.15) is 0 Å². The summed E-state index contributed by atoms with van der Waals surface area (Å²) in [7, 11) is 0. The highest BCUT2D eigenvalue weighted by molar-refractivity contribution is 6.14. The van der Waals surface area contributed by atoms with Gasteiger partial charge < -0.3 is 18.6 Å². The molecule has 0 fully saturated rings. The van der Waals surface area contributed by atoms with Crippen molar-refractivity contribution in [3.63, 3.8) is 0 Å². The number of para-hydroxylation sites is 6. The Morgan fingerprint density at radius 3 is 1.88 bits per heavy atom. The molecule has 0 atom stereocenters. The number of ether oxygens (including phenoxy) is 1. The Morgan fingerprint density at radius 2 is 0.971 bits per heavy atom. The Hall–Kier alpha value is -9.12. The Bertz CT molecular complexity index is 4120. The first-order valence-electron chi connectivity index (χ1n) is 23.2.